The molecule has 1 aliphatic heterocycles. The summed E-state index contributed by atoms with van der Waals surface area (Å²) < 4.78 is 0. The first kappa shape index (κ1) is 19.9. The smallest absolute Gasteiger partial charge is 0.253 e. The minimum atomic E-state index is 0.0882. The van der Waals surface area contributed by atoms with Crippen molar-refractivity contribution in [3.63, 3.8) is 0 Å². The highest BCUT2D eigenvalue weighted by molar-refractivity contribution is 5.94. The van der Waals surface area contributed by atoms with Gasteiger partial charge in [-0.2, -0.15) is 4.98 Å². The number of nitrogens with one attached hydrogen (secondary N) is 1. The van der Waals surface area contributed by atoms with Crippen LogP contribution in [0.25, 0.3) is 0 Å². The highest BCUT2D eigenvalue weighted by atomic mass is 16.2. The van der Waals surface area contributed by atoms with Crippen molar-refractivity contribution < 1.29 is 4.79 Å². The van der Waals surface area contributed by atoms with E-state index in [9.17, 15) is 4.79 Å². The zero-order valence-corrected chi connectivity index (χ0v) is 17.7. The van der Waals surface area contributed by atoms with Gasteiger partial charge in [-0.15, -0.1) is 0 Å². The number of benzene rings is 2. The highest BCUT2D eigenvalue weighted by Crippen LogP contribution is 2.20. The lowest BCUT2D eigenvalue weighted by Crippen LogP contribution is -2.49. The molecule has 0 radical (unpaired) electrons. The molecule has 30 heavy (non-hydrogen) atoms. The van der Waals surface area contributed by atoms with Crippen LogP contribution in [0.15, 0.2) is 54.6 Å². The Balaban J connectivity index is 1.43. The van der Waals surface area contributed by atoms with Gasteiger partial charge in [-0.25, -0.2) is 4.98 Å². The van der Waals surface area contributed by atoms with Crippen LogP contribution in [0.4, 0.5) is 17.5 Å². The lowest BCUT2D eigenvalue weighted by atomic mass is 10.1. The number of nitrogens with zero attached hydrogens (tertiary/aromatic N) is 4. The predicted molar refractivity (Wildman–Crippen MR) is 121 cm³/mol. The maximum absolute atomic E-state index is 12.8. The van der Waals surface area contributed by atoms with Crippen LogP contribution in [0.3, 0.4) is 0 Å². The minimum absolute atomic E-state index is 0.0882. The molecule has 1 N–H and O–H groups in total. The van der Waals surface area contributed by atoms with E-state index < -0.39 is 0 Å². The Hall–Kier alpha value is -3.41. The molecule has 2 heterocycles. The Labute approximate surface area is 177 Å². The predicted octanol–water partition coefficient (Wildman–Crippen LogP) is 4.11. The second-order valence-electron chi connectivity index (χ2n) is 7.83. The maximum Gasteiger partial charge on any atom is 0.253 e. The Morgan fingerprint density at radius 2 is 1.60 bits per heavy atom. The van der Waals surface area contributed by atoms with Gasteiger partial charge in [0.1, 0.15) is 5.82 Å². The molecule has 6 nitrogen and oxygen atoms in total. The number of amides is 1. The molecule has 1 amide bonds. The van der Waals surface area contributed by atoms with Crippen LogP contribution in [-0.4, -0.2) is 47.0 Å². The summed E-state index contributed by atoms with van der Waals surface area (Å²) in [4.78, 5) is 26.2. The van der Waals surface area contributed by atoms with Crippen LogP contribution in [0, 0.1) is 20.8 Å². The molecule has 0 bridgehead atoms. The fourth-order valence-electron chi connectivity index (χ4n) is 3.61. The average Bonchev–Trinajstić information content (AvgIpc) is 2.74. The van der Waals surface area contributed by atoms with Crippen molar-refractivity contribution in [1.82, 2.24) is 14.9 Å². The van der Waals surface area contributed by atoms with Crippen LogP contribution in [-0.2, 0) is 0 Å². The van der Waals surface area contributed by atoms with E-state index in [1.54, 1.807) is 0 Å². The summed E-state index contributed by atoms with van der Waals surface area (Å²) in [5.74, 6) is 1.57. The number of hydrogen-bond donors (Lipinski definition) is 1. The zero-order chi connectivity index (χ0) is 21.1. The van der Waals surface area contributed by atoms with Crippen molar-refractivity contribution in [3.05, 3.63) is 77.0 Å². The van der Waals surface area contributed by atoms with Gasteiger partial charge in [-0.1, -0.05) is 35.4 Å². The van der Waals surface area contributed by atoms with Gasteiger partial charge in [0.2, 0.25) is 5.95 Å². The summed E-state index contributed by atoms with van der Waals surface area (Å²) in [6, 6.07) is 17.9. The molecule has 0 atom stereocenters. The van der Waals surface area contributed by atoms with Gasteiger partial charge in [-0.05, 0) is 45.0 Å². The third kappa shape index (κ3) is 4.59. The third-order valence-electron chi connectivity index (χ3n) is 5.28. The minimum Gasteiger partial charge on any atom is -0.340 e. The van der Waals surface area contributed by atoms with E-state index in [1.807, 2.05) is 61.2 Å². The SMILES string of the molecule is Cc1ccc(Nc2cc(C)nc(N3CCN(C(=O)c4cccc(C)c4)CC3)n2)cc1. The first-order chi connectivity index (χ1) is 14.5. The van der Waals surface area contributed by atoms with E-state index in [2.05, 4.69) is 34.3 Å². The van der Waals surface area contributed by atoms with E-state index in [1.165, 1.54) is 5.56 Å². The Morgan fingerprint density at radius 1 is 0.867 bits per heavy atom. The van der Waals surface area contributed by atoms with Crippen molar-refractivity contribution in [2.45, 2.75) is 20.8 Å². The monoisotopic (exact) mass is 401 g/mol. The molecular formula is C24H27N5O. The highest BCUT2D eigenvalue weighted by Gasteiger charge is 2.24. The van der Waals surface area contributed by atoms with Crippen molar-refractivity contribution in [2.75, 3.05) is 36.4 Å². The Bertz CT molecular complexity index is 1040. The molecule has 1 aliphatic rings. The summed E-state index contributed by atoms with van der Waals surface area (Å²) >= 11 is 0. The van der Waals surface area contributed by atoms with Crippen LogP contribution >= 0.6 is 0 Å². The molecule has 1 saturated heterocycles. The number of aryl methyl sites for hydroxylation is 3. The number of carbonyl (C=O) groups is 1. The van der Waals surface area contributed by atoms with E-state index in [-0.39, 0.29) is 5.91 Å². The molecule has 0 spiro atoms. The summed E-state index contributed by atoms with van der Waals surface area (Å²) in [5, 5.41) is 3.36. The average molecular weight is 402 g/mol. The molecule has 1 aromatic heterocycles. The number of rotatable bonds is 4. The van der Waals surface area contributed by atoms with Gasteiger partial charge in [0, 0.05) is 49.2 Å². The second kappa shape index (κ2) is 8.53. The van der Waals surface area contributed by atoms with E-state index >= 15 is 0 Å². The van der Waals surface area contributed by atoms with E-state index in [4.69, 9.17) is 4.98 Å². The van der Waals surface area contributed by atoms with Crippen LogP contribution in [0.1, 0.15) is 27.2 Å². The van der Waals surface area contributed by atoms with E-state index in [0.717, 1.165) is 28.3 Å². The normalized spacial score (nSPS) is 14.0. The Morgan fingerprint density at radius 3 is 2.30 bits per heavy atom. The third-order valence-corrected chi connectivity index (χ3v) is 5.28. The summed E-state index contributed by atoms with van der Waals surface area (Å²) in [6.07, 6.45) is 0. The molecule has 6 heteroatoms. The lowest BCUT2D eigenvalue weighted by molar-refractivity contribution is 0.0746. The van der Waals surface area contributed by atoms with Gasteiger partial charge in [0.05, 0.1) is 0 Å². The second-order valence-corrected chi connectivity index (χ2v) is 7.83. The fourth-order valence-corrected chi connectivity index (χ4v) is 3.61. The van der Waals surface area contributed by atoms with Crippen molar-refractivity contribution in [1.29, 1.82) is 0 Å². The van der Waals surface area contributed by atoms with Gasteiger partial charge in [0.25, 0.3) is 5.91 Å². The molecule has 4 rings (SSSR count). The zero-order valence-electron chi connectivity index (χ0n) is 17.7. The quantitative estimate of drug-likeness (QED) is 0.713. The summed E-state index contributed by atoms with van der Waals surface area (Å²) in [5.41, 5.74) is 4.98. The number of carbonyl (C=O) groups excluding carboxylic acids is 1. The van der Waals surface area contributed by atoms with Crippen molar-refractivity contribution >= 4 is 23.4 Å². The fraction of sp³-hybridized carbons (Fsp3) is 0.292. The topological polar surface area (TPSA) is 61.4 Å². The lowest BCUT2D eigenvalue weighted by Gasteiger charge is -2.35. The van der Waals surface area contributed by atoms with Crippen LogP contribution < -0.4 is 10.2 Å². The maximum atomic E-state index is 12.8. The van der Waals surface area contributed by atoms with Crippen LogP contribution in [0.5, 0.6) is 0 Å². The van der Waals surface area contributed by atoms with E-state index in [0.29, 0.717) is 32.1 Å². The largest absolute Gasteiger partial charge is 0.340 e. The van der Waals surface area contributed by atoms with Crippen molar-refractivity contribution in [3.8, 4) is 0 Å². The van der Waals surface area contributed by atoms with Crippen molar-refractivity contribution in [2.24, 2.45) is 0 Å². The summed E-state index contributed by atoms with van der Waals surface area (Å²) in [6.45, 7) is 8.79. The number of aromatic nitrogens is 2. The summed E-state index contributed by atoms with van der Waals surface area (Å²) in [7, 11) is 0. The molecule has 154 valence electrons. The molecule has 0 unspecified atom stereocenters. The number of piperazine rings is 1. The standard InChI is InChI=1S/C24H27N5O/c1-17-7-9-21(10-8-17)26-22-16-19(3)25-24(27-22)29-13-11-28(12-14-29)23(30)20-6-4-5-18(2)15-20/h4-10,15-16H,11-14H2,1-3H3,(H,25,26,27). The van der Waals surface area contributed by atoms with Gasteiger partial charge in [0.15, 0.2) is 0 Å². The number of hydrogen-bond acceptors (Lipinski definition) is 5. The van der Waals surface area contributed by atoms with Crippen LogP contribution in [0.2, 0.25) is 0 Å². The van der Waals surface area contributed by atoms with Gasteiger partial charge >= 0.3 is 0 Å². The molecule has 0 aliphatic carbocycles. The molecule has 2 aromatic carbocycles. The first-order valence-corrected chi connectivity index (χ1v) is 10.3. The van der Waals surface area contributed by atoms with Gasteiger partial charge in [-0.3, -0.25) is 4.79 Å². The first-order valence-electron chi connectivity index (χ1n) is 10.3. The number of anilines is 3. The molecule has 3 aromatic rings. The molecule has 1 fully saturated rings. The van der Waals surface area contributed by atoms with Gasteiger partial charge < -0.3 is 15.1 Å². The molecule has 0 saturated carbocycles. The Kier molecular flexibility index (Phi) is 5.65. The molecular weight excluding hydrogens is 374 g/mol.